The Bertz CT molecular complexity index is 1340. The zero-order valence-corrected chi connectivity index (χ0v) is 21.7. The number of nitrogens with zero attached hydrogens (tertiary/aromatic N) is 4. The van der Waals surface area contributed by atoms with Crippen molar-refractivity contribution >= 4 is 34.2 Å². The summed E-state index contributed by atoms with van der Waals surface area (Å²) in [6, 6.07) is 8.12. The summed E-state index contributed by atoms with van der Waals surface area (Å²) in [5, 5.41) is 29.9. The molecule has 1 spiro atoms. The number of rotatable bonds is 5. The van der Waals surface area contributed by atoms with E-state index in [2.05, 4.69) is 26.8 Å². The summed E-state index contributed by atoms with van der Waals surface area (Å²) in [7, 11) is 0. The molecule has 36 heavy (non-hydrogen) atoms. The van der Waals surface area contributed by atoms with Crippen LogP contribution in [0.15, 0.2) is 48.1 Å². The number of aliphatic hydroxyl groups is 1. The van der Waals surface area contributed by atoms with Crippen LogP contribution in [0, 0.1) is 3.57 Å². The Labute approximate surface area is 221 Å². The van der Waals surface area contributed by atoms with Crippen molar-refractivity contribution in [2.24, 2.45) is 5.11 Å². The van der Waals surface area contributed by atoms with Crippen LogP contribution < -0.4 is 10.1 Å². The molecule has 2 aromatic rings. The molecule has 1 saturated carbocycles. The Morgan fingerprint density at radius 2 is 2.22 bits per heavy atom. The van der Waals surface area contributed by atoms with Crippen molar-refractivity contribution in [3.63, 3.8) is 0 Å². The number of aromatic hydroxyl groups is 1. The minimum Gasteiger partial charge on any atom is -0.504 e. The fourth-order valence-electron chi connectivity index (χ4n) is 7.19. The van der Waals surface area contributed by atoms with Gasteiger partial charge in [0.15, 0.2) is 11.5 Å². The number of likely N-dealkylation sites (tertiary alicyclic amines) is 1. The third-order valence-corrected chi connectivity index (χ3v) is 9.48. The number of halogens is 1. The maximum absolute atomic E-state index is 13.3. The van der Waals surface area contributed by atoms with Crippen LogP contribution in [-0.2, 0) is 11.8 Å². The van der Waals surface area contributed by atoms with Crippen molar-refractivity contribution in [1.29, 1.82) is 0 Å². The van der Waals surface area contributed by atoms with Gasteiger partial charge in [0.25, 0.3) is 5.91 Å². The van der Waals surface area contributed by atoms with E-state index in [0.29, 0.717) is 52.8 Å². The molecule has 2 fully saturated rings. The molecule has 2 aromatic carbocycles. The normalized spacial score (nSPS) is 31.6. The molecule has 4 aliphatic rings. The second-order valence-electron chi connectivity index (χ2n) is 10.1. The van der Waals surface area contributed by atoms with E-state index in [1.165, 1.54) is 0 Å². The second-order valence-corrected chi connectivity index (χ2v) is 11.3. The van der Waals surface area contributed by atoms with Crippen LogP contribution in [0.25, 0.3) is 10.4 Å². The van der Waals surface area contributed by atoms with Crippen LogP contribution in [0.2, 0.25) is 0 Å². The fourth-order valence-corrected chi connectivity index (χ4v) is 7.82. The van der Waals surface area contributed by atoms with E-state index in [9.17, 15) is 15.0 Å². The molecule has 9 nitrogen and oxygen atoms in total. The summed E-state index contributed by atoms with van der Waals surface area (Å²) in [6.45, 7) is 5.37. The number of hydrogen-bond acceptors (Lipinski definition) is 6. The minimum absolute atomic E-state index is 0.0695. The number of carbonyl (C=O) groups excluding carboxylic acids is 1. The van der Waals surface area contributed by atoms with Gasteiger partial charge in [-0.3, -0.25) is 9.69 Å². The molecule has 10 heteroatoms. The largest absolute Gasteiger partial charge is 0.504 e. The van der Waals surface area contributed by atoms with Gasteiger partial charge in [0.05, 0.1) is 22.7 Å². The lowest BCUT2D eigenvalue weighted by atomic mass is 9.48. The molecule has 1 saturated heterocycles. The molecular formula is C26H26IN5O4. The van der Waals surface area contributed by atoms with Crippen molar-refractivity contribution in [2.45, 2.75) is 54.9 Å². The molecule has 6 rings (SSSR count). The highest BCUT2D eigenvalue weighted by atomic mass is 127. The van der Waals surface area contributed by atoms with Crippen LogP contribution in [0.5, 0.6) is 11.5 Å². The number of nitrogens with one attached hydrogen (secondary N) is 1. The number of amides is 1. The van der Waals surface area contributed by atoms with Gasteiger partial charge in [-0.15, -0.1) is 6.58 Å². The van der Waals surface area contributed by atoms with Crippen molar-refractivity contribution in [2.75, 3.05) is 13.1 Å². The highest BCUT2D eigenvalue weighted by Gasteiger charge is 2.73. The summed E-state index contributed by atoms with van der Waals surface area (Å²) < 4.78 is 7.15. The van der Waals surface area contributed by atoms with Crippen LogP contribution in [0.4, 0.5) is 5.69 Å². The van der Waals surface area contributed by atoms with E-state index >= 15 is 0 Å². The Morgan fingerprint density at radius 1 is 1.39 bits per heavy atom. The average molecular weight is 599 g/mol. The van der Waals surface area contributed by atoms with Crippen LogP contribution in [-0.4, -0.2) is 57.9 Å². The Balaban J connectivity index is 1.38. The highest BCUT2D eigenvalue weighted by molar-refractivity contribution is 14.1. The number of ether oxygens (including phenoxy) is 1. The quantitative estimate of drug-likeness (QED) is 0.157. The standard InChI is InChI=1S/C26H26IN5O4/c1-2-10-32-11-9-25-21-14-4-6-19(33)22(21)36-23(25)18(7-8-26(25,35)20(32)13-14)29-24(34)15-3-5-17(30-31-28)16(27)12-15/h2-6,12,18,20,23,33,35H,1,7-11,13H2,(H,29,34)/t18-,20-,23+,25+,26-/m1/s1. The first kappa shape index (κ1) is 23.6. The third kappa shape index (κ3) is 3.08. The van der Waals surface area contributed by atoms with E-state index in [4.69, 9.17) is 10.3 Å². The number of azide groups is 1. The number of benzene rings is 2. The van der Waals surface area contributed by atoms with Gasteiger partial charge in [-0.2, -0.15) is 0 Å². The van der Waals surface area contributed by atoms with Gasteiger partial charge in [-0.05, 0) is 84.1 Å². The predicted octanol–water partition coefficient (Wildman–Crippen LogP) is 4.08. The summed E-state index contributed by atoms with van der Waals surface area (Å²) in [4.78, 5) is 18.4. The zero-order valence-electron chi connectivity index (χ0n) is 19.5. The van der Waals surface area contributed by atoms with Crippen LogP contribution >= 0.6 is 22.6 Å². The van der Waals surface area contributed by atoms with E-state index in [0.717, 1.165) is 17.7 Å². The molecule has 186 valence electrons. The molecule has 5 atom stereocenters. The van der Waals surface area contributed by atoms with Crippen molar-refractivity contribution < 1.29 is 19.7 Å². The number of phenols is 1. The van der Waals surface area contributed by atoms with E-state index in [-0.39, 0.29) is 23.7 Å². The smallest absolute Gasteiger partial charge is 0.251 e. The van der Waals surface area contributed by atoms with Gasteiger partial charge >= 0.3 is 0 Å². The maximum atomic E-state index is 13.3. The van der Waals surface area contributed by atoms with E-state index in [1.54, 1.807) is 24.3 Å². The van der Waals surface area contributed by atoms with Gasteiger partial charge in [0, 0.05) is 32.2 Å². The highest BCUT2D eigenvalue weighted by Crippen LogP contribution is 2.65. The summed E-state index contributed by atoms with van der Waals surface area (Å²) in [6.07, 6.45) is 3.77. The van der Waals surface area contributed by atoms with Crippen molar-refractivity contribution in [1.82, 2.24) is 10.2 Å². The third-order valence-electron chi connectivity index (χ3n) is 8.62. The summed E-state index contributed by atoms with van der Waals surface area (Å²) in [5.74, 6) is 0.258. The lowest BCUT2D eigenvalue weighted by molar-refractivity contribution is -0.188. The zero-order chi connectivity index (χ0) is 25.2. The number of carbonyl (C=O) groups is 1. The lowest BCUT2D eigenvalue weighted by Gasteiger charge is -2.64. The van der Waals surface area contributed by atoms with Crippen molar-refractivity contribution in [3.8, 4) is 11.5 Å². The number of phenolic OH excluding ortho intramolecular Hbond substituents is 1. The first-order valence-electron chi connectivity index (χ1n) is 12.1. The molecule has 0 aromatic heterocycles. The molecule has 1 amide bonds. The SMILES string of the molecule is C=CCN1CC[C@]23c4c5ccc(O)c4O[C@H]2[C@H](NC(=O)c2ccc(N=[N+]=[N-])c(I)c2)CC[C@@]3(O)[C@H]1C5. The molecule has 3 N–H and O–H groups in total. The first-order valence-corrected chi connectivity index (χ1v) is 13.2. The summed E-state index contributed by atoms with van der Waals surface area (Å²) >= 11 is 2.04. The van der Waals surface area contributed by atoms with Gasteiger partial charge in [-0.25, -0.2) is 0 Å². The lowest BCUT2D eigenvalue weighted by Crippen LogP contribution is -2.78. The fraction of sp³-hybridized carbons (Fsp3) is 0.423. The Kier molecular flexibility index (Phi) is 5.49. The van der Waals surface area contributed by atoms with Crippen LogP contribution in [0.1, 0.15) is 40.7 Å². The number of piperidine rings is 1. The van der Waals surface area contributed by atoms with Gasteiger partial charge in [0.1, 0.15) is 6.10 Å². The molecule has 2 bridgehead atoms. The van der Waals surface area contributed by atoms with Crippen molar-refractivity contribution in [3.05, 3.63) is 73.7 Å². The maximum Gasteiger partial charge on any atom is 0.251 e. The molecule has 0 radical (unpaired) electrons. The minimum atomic E-state index is -1.04. The molecule has 2 aliphatic carbocycles. The molecule has 0 unspecified atom stereocenters. The molecule has 2 heterocycles. The Hall–Kier alpha value is -2.79. The number of hydrogen-bond donors (Lipinski definition) is 3. The molecular weight excluding hydrogens is 573 g/mol. The van der Waals surface area contributed by atoms with Crippen LogP contribution in [0.3, 0.4) is 0 Å². The first-order chi connectivity index (χ1) is 17.3. The average Bonchev–Trinajstić information content (AvgIpc) is 3.21. The van der Waals surface area contributed by atoms with Gasteiger partial charge < -0.3 is 20.3 Å². The van der Waals surface area contributed by atoms with E-state index in [1.807, 2.05) is 34.7 Å². The van der Waals surface area contributed by atoms with E-state index < -0.39 is 17.1 Å². The molecule has 2 aliphatic heterocycles. The summed E-state index contributed by atoms with van der Waals surface area (Å²) in [5.41, 5.74) is 9.88. The van der Waals surface area contributed by atoms with Gasteiger partial charge in [0.2, 0.25) is 0 Å². The topological polar surface area (TPSA) is 131 Å². The predicted molar refractivity (Wildman–Crippen MR) is 141 cm³/mol. The van der Waals surface area contributed by atoms with Gasteiger partial charge in [-0.1, -0.05) is 23.3 Å². The Morgan fingerprint density at radius 3 is 2.97 bits per heavy atom. The monoisotopic (exact) mass is 599 g/mol. The second kappa shape index (κ2) is 8.37.